The van der Waals surface area contributed by atoms with Gasteiger partial charge in [-0.3, -0.25) is 4.79 Å². The van der Waals surface area contributed by atoms with Crippen molar-refractivity contribution >= 4 is 5.91 Å². The molecule has 0 aliphatic carbocycles. The number of rotatable bonds is 3. The Morgan fingerprint density at radius 3 is 2.95 bits per heavy atom. The molecule has 1 unspecified atom stereocenters. The van der Waals surface area contributed by atoms with Crippen molar-refractivity contribution in [1.29, 1.82) is 0 Å². The molecule has 3 N–H and O–H groups in total. The second kappa shape index (κ2) is 5.31. The number of carbonyl (C=O) groups is 1. The summed E-state index contributed by atoms with van der Waals surface area (Å²) in [7, 11) is 0. The Labute approximate surface area is 114 Å². The molecule has 2 rings (SSSR count). The Kier molecular flexibility index (Phi) is 3.92. The SMILES string of the molecule is Cc1ccc2c(c1)CNCC2C(=O)NC(C)(C)CO. The van der Waals surface area contributed by atoms with Crippen LogP contribution in [0.4, 0.5) is 0 Å². The molecule has 4 nitrogen and oxygen atoms in total. The van der Waals surface area contributed by atoms with Gasteiger partial charge < -0.3 is 15.7 Å². The second-order valence-electron chi connectivity index (χ2n) is 5.92. The first-order valence-electron chi connectivity index (χ1n) is 6.66. The number of amides is 1. The molecule has 1 atom stereocenters. The van der Waals surface area contributed by atoms with E-state index in [1.807, 2.05) is 26.0 Å². The van der Waals surface area contributed by atoms with Gasteiger partial charge in [-0.25, -0.2) is 0 Å². The van der Waals surface area contributed by atoms with Crippen LogP contribution < -0.4 is 10.6 Å². The highest BCUT2D eigenvalue weighted by molar-refractivity contribution is 5.85. The van der Waals surface area contributed by atoms with Crippen molar-refractivity contribution in [3.05, 3.63) is 34.9 Å². The lowest BCUT2D eigenvalue weighted by molar-refractivity contribution is -0.124. The van der Waals surface area contributed by atoms with Gasteiger partial charge in [0.2, 0.25) is 5.91 Å². The van der Waals surface area contributed by atoms with E-state index in [2.05, 4.69) is 23.6 Å². The zero-order valence-electron chi connectivity index (χ0n) is 11.8. The molecule has 0 saturated carbocycles. The maximum Gasteiger partial charge on any atom is 0.229 e. The zero-order chi connectivity index (χ0) is 14.0. The minimum Gasteiger partial charge on any atom is -0.394 e. The average Bonchev–Trinajstić information content (AvgIpc) is 2.37. The van der Waals surface area contributed by atoms with E-state index in [0.29, 0.717) is 6.54 Å². The molecule has 104 valence electrons. The Bertz CT molecular complexity index is 483. The third-order valence-electron chi connectivity index (χ3n) is 3.51. The Morgan fingerprint density at radius 2 is 2.26 bits per heavy atom. The van der Waals surface area contributed by atoms with Crippen LogP contribution in [0.5, 0.6) is 0 Å². The molecule has 1 aliphatic heterocycles. The number of aryl methyl sites for hydroxylation is 1. The van der Waals surface area contributed by atoms with Crippen LogP contribution >= 0.6 is 0 Å². The monoisotopic (exact) mass is 262 g/mol. The number of benzene rings is 1. The Balaban J connectivity index is 2.22. The summed E-state index contributed by atoms with van der Waals surface area (Å²) in [5.74, 6) is -0.216. The second-order valence-corrected chi connectivity index (χ2v) is 5.92. The van der Waals surface area contributed by atoms with Gasteiger partial charge in [0.15, 0.2) is 0 Å². The van der Waals surface area contributed by atoms with Gasteiger partial charge in [-0.2, -0.15) is 0 Å². The first-order chi connectivity index (χ1) is 8.93. The number of carbonyl (C=O) groups excluding carboxylic acids is 1. The number of hydrogen-bond acceptors (Lipinski definition) is 3. The fourth-order valence-corrected chi connectivity index (χ4v) is 2.38. The number of nitrogens with one attached hydrogen (secondary N) is 2. The van der Waals surface area contributed by atoms with Crippen LogP contribution in [0, 0.1) is 6.92 Å². The molecular formula is C15H22N2O2. The molecule has 1 aromatic rings. The molecule has 1 heterocycles. The predicted octanol–water partition coefficient (Wildman–Crippen LogP) is 1.07. The van der Waals surface area contributed by atoms with Gasteiger partial charge in [0, 0.05) is 13.1 Å². The summed E-state index contributed by atoms with van der Waals surface area (Å²) < 4.78 is 0. The summed E-state index contributed by atoms with van der Waals surface area (Å²) in [5, 5.41) is 15.4. The highest BCUT2D eigenvalue weighted by atomic mass is 16.3. The van der Waals surface area contributed by atoms with Crippen LogP contribution in [-0.4, -0.2) is 29.7 Å². The van der Waals surface area contributed by atoms with E-state index >= 15 is 0 Å². The summed E-state index contributed by atoms with van der Waals surface area (Å²) in [6.07, 6.45) is 0. The maximum atomic E-state index is 12.4. The smallest absolute Gasteiger partial charge is 0.229 e. The molecule has 0 spiro atoms. The minimum absolute atomic E-state index is 0.0312. The molecule has 0 radical (unpaired) electrons. The molecule has 4 heteroatoms. The third-order valence-corrected chi connectivity index (χ3v) is 3.51. The summed E-state index contributed by atoms with van der Waals surface area (Å²) in [4.78, 5) is 12.4. The van der Waals surface area contributed by atoms with Crippen molar-refractivity contribution in [2.24, 2.45) is 0 Å². The Morgan fingerprint density at radius 1 is 1.53 bits per heavy atom. The number of aliphatic hydroxyl groups is 1. The summed E-state index contributed by atoms with van der Waals surface area (Å²) in [6, 6.07) is 6.21. The molecule has 19 heavy (non-hydrogen) atoms. The summed E-state index contributed by atoms with van der Waals surface area (Å²) >= 11 is 0. The molecule has 1 aliphatic rings. The maximum absolute atomic E-state index is 12.4. The minimum atomic E-state index is -0.584. The lowest BCUT2D eigenvalue weighted by atomic mass is 9.88. The van der Waals surface area contributed by atoms with Crippen molar-refractivity contribution in [1.82, 2.24) is 10.6 Å². The first-order valence-corrected chi connectivity index (χ1v) is 6.66. The molecule has 0 aromatic heterocycles. The number of fused-ring (bicyclic) bond motifs is 1. The van der Waals surface area contributed by atoms with Crippen molar-refractivity contribution in [2.45, 2.75) is 38.8 Å². The fourth-order valence-electron chi connectivity index (χ4n) is 2.38. The fraction of sp³-hybridized carbons (Fsp3) is 0.533. The van der Waals surface area contributed by atoms with E-state index in [4.69, 9.17) is 0 Å². The van der Waals surface area contributed by atoms with Crippen LogP contribution in [0.2, 0.25) is 0 Å². The summed E-state index contributed by atoms with van der Waals surface area (Å²) in [6.45, 7) is 7.07. The predicted molar refractivity (Wildman–Crippen MR) is 74.9 cm³/mol. The zero-order valence-corrected chi connectivity index (χ0v) is 11.8. The van der Waals surface area contributed by atoms with Crippen LogP contribution in [0.3, 0.4) is 0 Å². The highest BCUT2D eigenvalue weighted by Gasteiger charge is 2.29. The third kappa shape index (κ3) is 3.14. The van der Waals surface area contributed by atoms with E-state index in [1.54, 1.807) is 0 Å². The number of hydrogen-bond donors (Lipinski definition) is 3. The summed E-state index contributed by atoms with van der Waals surface area (Å²) in [5.41, 5.74) is 2.90. The van der Waals surface area contributed by atoms with Crippen molar-refractivity contribution < 1.29 is 9.90 Å². The van der Waals surface area contributed by atoms with E-state index < -0.39 is 5.54 Å². The van der Waals surface area contributed by atoms with Crippen LogP contribution in [0.1, 0.15) is 36.5 Å². The van der Waals surface area contributed by atoms with Crippen LogP contribution in [-0.2, 0) is 11.3 Å². The van der Waals surface area contributed by atoms with Gasteiger partial charge in [-0.15, -0.1) is 0 Å². The van der Waals surface area contributed by atoms with Crippen molar-refractivity contribution in [3.63, 3.8) is 0 Å². The molecular weight excluding hydrogens is 240 g/mol. The van der Waals surface area contributed by atoms with Crippen LogP contribution in [0.15, 0.2) is 18.2 Å². The lowest BCUT2D eigenvalue weighted by Crippen LogP contribution is -2.50. The van der Waals surface area contributed by atoms with Gasteiger partial charge in [0.25, 0.3) is 0 Å². The van der Waals surface area contributed by atoms with E-state index in [9.17, 15) is 9.90 Å². The lowest BCUT2D eigenvalue weighted by Gasteiger charge is -2.30. The van der Waals surface area contributed by atoms with Gasteiger partial charge in [-0.05, 0) is 31.9 Å². The molecule has 1 amide bonds. The molecule has 0 bridgehead atoms. The van der Waals surface area contributed by atoms with Crippen LogP contribution in [0.25, 0.3) is 0 Å². The number of aliphatic hydroxyl groups excluding tert-OH is 1. The molecule has 1 aromatic carbocycles. The highest BCUT2D eigenvalue weighted by Crippen LogP contribution is 2.25. The standard InChI is InChI=1S/C15H22N2O2/c1-10-4-5-12-11(6-10)7-16-8-13(12)14(19)17-15(2,3)9-18/h4-6,13,16,18H,7-9H2,1-3H3,(H,17,19). The van der Waals surface area contributed by atoms with Crippen molar-refractivity contribution in [3.8, 4) is 0 Å². The molecule has 0 fully saturated rings. The van der Waals surface area contributed by atoms with Gasteiger partial charge in [0.05, 0.1) is 18.1 Å². The first kappa shape index (κ1) is 14.0. The quantitative estimate of drug-likeness (QED) is 0.763. The normalized spacial score (nSPS) is 18.8. The van der Waals surface area contributed by atoms with Crippen molar-refractivity contribution in [2.75, 3.05) is 13.2 Å². The van der Waals surface area contributed by atoms with E-state index in [0.717, 1.165) is 12.1 Å². The molecule has 0 saturated heterocycles. The van der Waals surface area contributed by atoms with Gasteiger partial charge >= 0.3 is 0 Å². The van der Waals surface area contributed by atoms with E-state index in [1.165, 1.54) is 11.1 Å². The van der Waals surface area contributed by atoms with Gasteiger partial charge in [-0.1, -0.05) is 23.8 Å². The largest absolute Gasteiger partial charge is 0.394 e. The Hall–Kier alpha value is -1.39. The van der Waals surface area contributed by atoms with E-state index in [-0.39, 0.29) is 18.4 Å². The van der Waals surface area contributed by atoms with Gasteiger partial charge in [0.1, 0.15) is 0 Å². The topological polar surface area (TPSA) is 61.4 Å². The average molecular weight is 262 g/mol.